The molecule has 1 aliphatic rings. The second-order valence-electron chi connectivity index (χ2n) is 6.21. The second kappa shape index (κ2) is 6.13. The predicted octanol–water partition coefficient (Wildman–Crippen LogP) is 1.53. The number of nitrogens with zero attached hydrogens (tertiary/aromatic N) is 3. The topological polar surface area (TPSA) is 41.8 Å². The largest absolute Gasteiger partial charge is 0.379 e. The number of imidazole rings is 1. The van der Waals surface area contributed by atoms with E-state index in [4.69, 9.17) is 4.74 Å². The number of aromatic nitrogens is 2. The molecule has 0 atom stereocenters. The molecule has 3 heterocycles. The van der Waals surface area contributed by atoms with Gasteiger partial charge in [0, 0.05) is 44.1 Å². The Morgan fingerprint density at radius 1 is 1.29 bits per heavy atom. The van der Waals surface area contributed by atoms with Gasteiger partial charge in [0.1, 0.15) is 5.65 Å². The molecule has 1 aliphatic heterocycles. The Balaban J connectivity index is 1.55. The molecule has 1 saturated heterocycles. The minimum atomic E-state index is 0.142. The van der Waals surface area contributed by atoms with E-state index in [2.05, 4.69) is 39.6 Å². The van der Waals surface area contributed by atoms with Gasteiger partial charge in [-0.25, -0.2) is 4.98 Å². The van der Waals surface area contributed by atoms with Gasteiger partial charge in [0.15, 0.2) is 0 Å². The van der Waals surface area contributed by atoms with Crippen molar-refractivity contribution in [2.75, 3.05) is 32.8 Å². The molecule has 0 aliphatic carbocycles. The maximum Gasteiger partial charge on any atom is 0.137 e. The summed E-state index contributed by atoms with van der Waals surface area (Å²) in [4.78, 5) is 7.10. The Labute approximate surface area is 125 Å². The molecule has 5 heteroatoms. The standard InChI is InChI=1S/C16H24N4O/c1-16(2,20-7-9-21-10-8-20)13-17-11-14-12-19-6-4-3-5-15(19)18-14/h3-6,12,17H,7-11,13H2,1-2H3. The molecule has 0 spiro atoms. The third-order valence-corrected chi connectivity index (χ3v) is 4.14. The van der Waals surface area contributed by atoms with Crippen molar-refractivity contribution in [1.29, 1.82) is 0 Å². The summed E-state index contributed by atoms with van der Waals surface area (Å²) in [7, 11) is 0. The fourth-order valence-corrected chi connectivity index (χ4v) is 2.85. The predicted molar refractivity (Wildman–Crippen MR) is 83.4 cm³/mol. The van der Waals surface area contributed by atoms with E-state index >= 15 is 0 Å². The average molecular weight is 288 g/mol. The number of morpholine rings is 1. The van der Waals surface area contributed by atoms with Gasteiger partial charge >= 0.3 is 0 Å². The zero-order valence-corrected chi connectivity index (χ0v) is 12.9. The Morgan fingerprint density at radius 3 is 2.86 bits per heavy atom. The van der Waals surface area contributed by atoms with Gasteiger partial charge in [-0.3, -0.25) is 4.90 Å². The first-order valence-corrected chi connectivity index (χ1v) is 7.61. The molecular weight excluding hydrogens is 264 g/mol. The monoisotopic (exact) mass is 288 g/mol. The van der Waals surface area contributed by atoms with E-state index in [9.17, 15) is 0 Å². The molecule has 1 N–H and O–H groups in total. The smallest absolute Gasteiger partial charge is 0.137 e. The summed E-state index contributed by atoms with van der Waals surface area (Å²) in [5, 5.41) is 3.54. The van der Waals surface area contributed by atoms with E-state index in [-0.39, 0.29) is 5.54 Å². The second-order valence-corrected chi connectivity index (χ2v) is 6.21. The van der Waals surface area contributed by atoms with Crippen LogP contribution < -0.4 is 5.32 Å². The van der Waals surface area contributed by atoms with Crippen LogP contribution in [0.15, 0.2) is 30.6 Å². The van der Waals surface area contributed by atoms with E-state index < -0.39 is 0 Å². The molecule has 0 bridgehead atoms. The zero-order chi connectivity index (χ0) is 14.7. The van der Waals surface area contributed by atoms with Gasteiger partial charge in [-0.1, -0.05) is 6.07 Å². The van der Waals surface area contributed by atoms with Crippen LogP contribution in [0.3, 0.4) is 0 Å². The summed E-state index contributed by atoms with van der Waals surface area (Å²) in [6.07, 6.45) is 4.12. The van der Waals surface area contributed by atoms with E-state index in [0.29, 0.717) is 0 Å². The van der Waals surface area contributed by atoms with Gasteiger partial charge in [-0.15, -0.1) is 0 Å². The molecule has 1 fully saturated rings. The average Bonchev–Trinajstić information content (AvgIpc) is 2.90. The van der Waals surface area contributed by atoms with Gasteiger partial charge in [0.2, 0.25) is 0 Å². The lowest BCUT2D eigenvalue weighted by atomic mass is 10.0. The van der Waals surface area contributed by atoms with Gasteiger partial charge in [-0.2, -0.15) is 0 Å². The molecule has 2 aromatic rings. The van der Waals surface area contributed by atoms with Crippen molar-refractivity contribution >= 4 is 5.65 Å². The molecule has 0 amide bonds. The maximum atomic E-state index is 5.43. The molecule has 0 saturated carbocycles. The first-order valence-electron chi connectivity index (χ1n) is 7.61. The quantitative estimate of drug-likeness (QED) is 0.906. The van der Waals surface area contributed by atoms with Crippen molar-refractivity contribution in [3.8, 4) is 0 Å². The highest BCUT2D eigenvalue weighted by molar-refractivity contribution is 5.39. The summed E-state index contributed by atoms with van der Waals surface area (Å²) >= 11 is 0. The van der Waals surface area contributed by atoms with E-state index in [1.54, 1.807) is 0 Å². The van der Waals surface area contributed by atoms with E-state index in [1.807, 2.05) is 24.4 Å². The number of nitrogens with one attached hydrogen (secondary N) is 1. The fraction of sp³-hybridized carbons (Fsp3) is 0.562. The van der Waals surface area contributed by atoms with Gasteiger partial charge < -0.3 is 14.5 Å². The highest BCUT2D eigenvalue weighted by atomic mass is 16.5. The lowest BCUT2D eigenvalue weighted by Crippen LogP contribution is -2.54. The normalized spacial score (nSPS) is 17.4. The Hall–Kier alpha value is -1.43. The Morgan fingerprint density at radius 2 is 2.10 bits per heavy atom. The van der Waals surface area contributed by atoms with Gasteiger partial charge in [0.25, 0.3) is 0 Å². The van der Waals surface area contributed by atoms with Crippen molar-refractivity contribution in [2.45, 2.75) is 25.9 Å². The molecule has 114 valence electrons. The van der Waals surface area contributed by atoms with Gasteiger partial charge in [0.05, 0.1) is 18.9 Å². The van der Waals surface area contributed by atoms with Crippen LogP contribution >= 0.6 is 0 Å². The summed E-state index contributed by atoms with van der Waals surface area (Å²) < 4.78 is 7.49. The van der Waals surface area contributed by atoms with Crippen LogP contribution in [0.5, 0.6) is 0 Å². The van der Waals surface area contributed by atoms with Crippen LogP contribution in [0.1, 0.15) is 19.5 Å². The van der Waals surface area contributed by atoms with Crippen LogP contribution in [-0.2, 0) is 11.3 Å². The molecule has 0 radical (unpaired) electrons. The van der Waals surface area contributed by atoms with E-state index in [0.717, 1.165) is 50.7 Å². The molecule has 21 heavy (non-hydrogen) atoms. The number of ether oxygens (including phenoxy) is 1. The van der Waals surface area contributed by atoms with Crippen LogP contribution in [-0.4, -0.2) is 52.7 Å². The Bertz CT molecular complexity index is 554. The summed E-state index contributed by atoms with van der Waals surface area (Å²) in [5.41, 5.74) is 2.23. The Kier molecular flexibility index (Phi) is 4.24. The summed E-state index contributed by atoms with van der Waals surface area (Å²) in [5.74, 6) is 0. The van der Waals surface area contributed by atoms with Gasteiger partial charge in [-0.05, 0) is 26.0 Å². The zero-order valence-electron chi connectivity index (χ0n) is 12.9. The third kappa shape index (κ3) is 3.43. The van der Waals surface area contributed by atoms with Crippen LogP contribution in [0, 0.1) is 0 Å². The lowest BCUT2D eigenvalue weighted by molar-refractivity contribution is -0.00968. The molecule has 5 nitrogen and oxygen atoms in total. The van der Waals surface area contributed by atoms with Crippen molar-refractivity contribution in [3.63, 3.8) is 0 Å². The molecule has 2 aromatic heterocycles. The first kappa shape index (κ1) is 14.5. The number of hydrogen-bond donors (Lipinski definition) is 1. The summed E-state index contributed by atoms with van der Waals surface area (Å²) in [6.45, 7) is 10.0. The molecule has 0 aromatic carbocycles. The number of hydrogen-bond acceptors (Lipinski definition) is 4. The fourth-order valence-electron chi connectivity index (χ4n) is 2.85. The molecule has 0 unspecified atom stereocenters. The highest BCUT2D eigenvalue weighted by Gasteiger charge is 2.27. The molecular formula is C16H24N4O. The van der Waals surface area contributed by atoms with Crippen LogP contribution in [0.2, 0.25) is 0 Å². The minimum absolute atomic E-state index is 0.142. The maximum absolute atomic E-state index is 5.43. The molecule has 3 rings (SSSR count). The SMILES string of the molecule is CC(C)(CNCc1cn2ccccc2n1)N1CCOCC1. The van der Waals surface area contributed by atoms with Crippen molar-refractivity contribution in [3.05, 3.63) is 36.3 Å². The van der Waals surface area contributed by atoms with Crippen molar-refractivity contribution < 1.29 is 4.74 Å². The van der Waals surface area contributed by atoms with Crippen LogP contribution in [0.4, 0.5) is 0 Å². The van der Waals surface area contributed by atoms with E-state index in [1.165, 1.54) is 0 Å². The minimum Gasteiger partial charge on any atom is -0.379 e. The third-order valence-electron chi connectivity index (χ3n) is 4.14. The number of fused-ring (bicyclic) bond motifs is 1. The highest BCUT2D eigenvalue weighted by Crippen LogP contribution is 2.15. The van der Waals surface area contributed by atoms with Crippen LogP contribution in [0.25, 0.3) is 5.65 Å². The number of rotatable bonds is 5. The van der Waals surface area contributed by atoms with Crippen molar-refractivity contribution in [2.24, 2.45) is 0 Å². The number of pyridine rings is 1. The first-order chi connectivity index (χ1) is 10.1. The van der Waals surface area contributed by atoms with Crippen molar-refractivity contribution in [1.82, 2.24) is 19.6 Å². The summed E-state index contributed by atoms with van der Waals surface area (Å²) in [6, 6.07) is 6.07. The lowest BCUT2D eigenvalue weighted by Gasteiger charge is -2.41.